The van der Waals surface area contributed by atoms with E-state index in [-0.39, 0.29) is 53.8 Å². The fraction of sp³-hybridized carbons (Fsp3) is 0.938. The Balaban J connectivity index is 1.65. The fourth-order valence-corrected chi connectivity index (χ4v) is 9.66. The van der Waals surface area contributed by atoms with E-state index in [9.17, 15) is 23.3 Å². The lowest BCUT2D eigenvalue weighted by Crippen LogP contribution is -2.65. The fourth-order valence-electron chi connectivity index (χ4n) is 7.92. The van der Waals surface area contributed by atoms with Gasteiger partial charge in [0, 0.05) is 6.54 Å². The van der Waals surface area contributed by atoms with Crippen molar-refractivity contribution in [2.45, 2.75) is 143 Å². The van der Waals surface area contributed by atoms with Gasteiger partial charge in [0.1, 0.15) is 0 Å². The van der Waals surface area contributed by atoms with Gasteiger partial charge in [-0.3, -0.25) is 4.79 Å². The molecule has 14 heteroatoms. The normalized spacial score (nSPS) is 26.7. The van der Waals surface area contributed by atoms with E-state index in [0.717, 1.165) is 32.1 Å². The summed E-state index contributed by atoms with van der Waals surface area (Å²) in [5.41, 5.74) is 7.10. The Kier molecular flexibility index (Phi) is 14.2. The molecule has 46 heavy (non-hydrogen) atoms. The van der Waals surface area contributed by atoms with Gasteiger partial charge in [0.05, 0.1) is 35.1 Å². The molecule has 12 nitrogen and oxygen atoms in total. The van der Waals surface area contributed by atoms with Crippen LogP contribution in [0.3, 0.4) is 0 Å². The van der Waals surface area contributed by atoms with Crippen molar-refractivity contribution in [3.63, 3.8) is 0 Å². The molecule has 2 bridgehead atoms. The van der Waals surface area contributed by atoms with E-state index >= 15 is 0 Å². The molecule has 4 N–H and O–H groups in total. The molecule has 1 saturated heterocycles. The number of unbranched alkanes of at least 4 members (excludes halogenated alkanes) is 7. The summed E-state index contributed by atoms with van der Waals surface area (Å²) in [5.74, 6) is -0.897. The Hall–Kier alpha value is -1.93. The first kappa shape index (κ1) is 38.5. The van der Waals surface area contributed by atoms with Gasteiger partial charge in [-0.25, -0.2) is 23.5 Å². The Labute approximate surface area is 277 Å². The molecular weight excluding hydrogens is 609 g/mol. The van der Waals surface area contributed by atoms with E-state index < -0.39 is 39.4 Å². The molecular formula is C32H60BN5O7S. The summed E-state index contributed by atoms with van der Waals surface area (Å²) < 4.78 is 39.7. The number of nitro groups is 1. The summed E-state index contributed by atoms with van der Waals surface area (Å²) in [6.07, 6.45) is 11.6. The van der Waals surface area contributed by atoms with Gasteiger partial charge in [-0.15, -0.1) is 0 Å². The predicted octanol–water partition coefficient (Wildman–Crippen LogP) is 4.83. The third-order valence-electron chi connectivity index (χ3n) is 10.7. The molecule has 1 amide bonds. The quantitative estimate of drug-likeness (QED) is 0.0386. The highest BCUT2D eigenvalue weighted by molar-refractivity contribution is 7.91. The van der Waals surface area contributed by atoms with Crippen molar-refractivity contribution in [3.8, 4) is 0 Å². The molecule has 4 fully saturated rings. The van der Waals surface area contributed by atoms with Gasteiger partial charge >= 0.3 is 7.12 Å². The van der Waals surface area contributed by atoms with Gasteiger partial charge in [-0.1, -0.05) is 85.0 Å². The molecule has 0 aromatic rings. The van der Waals surface area contributed by atoms with Crippen LogP contribution in [0, 0.1) is 39.2 Å². The van der Waals surface area contributed by atoms with E-state index in [1.54, 1.807) is 5.43 Å². The molecule has 4 aliphatic rings. The van der Waals surface area contributed by atoms with Gasteiger partial charge in [0.2, 0.25) is 5.91 Å². The average molecular weight is 670 g/mol. The number of nitrogens with zero attached hydrogens (tertiary/aromatic N) is 2. The number of nitrogens with two attached hydrogens (primary N) is 1. The van der Waals surface area contributed by atoms with Crippen molar-refractivity contribution in [3.05, 3.63) is 10.1 Å². The topological polar surface area (TPSA) is 175 Å². The smallest absolute Gasteiger partial charge is 0.404 e. The SMILES string of the molecule is CCCCCCCCCCS(=O)(=O)C[C@@H](CCCN=C(N)N[N+](=O)[O-])C(=O)N[C@@H](CC(C)C)B1O[C@@H]2C[C@@H]3C[C@@H](C3(C)C)[C@]2(C)O1. The lowest BCUT2D eigenvalue weighted by Gasteiger charge is -2.64. The largest absolute Gasteiger partial charge is 0.481 e. The third kappa shape index (κ3) is 10.5. The highest BCUT2D eigenvalue weighted by Crippen LogP contribution is 2.65. The van der Waals surface area contributed by atoms with Crippen LogP contribution >= 0.6 is 0 Å². The van der Waals surface area contributed by atoms with Gasteiger partial charge in [0.15, 0.2) is 14.9 Å². The number of nitrogens with one attached hydrogen (secondary N) is 2. The maximum absolute atomic E-state index is 13.9. The van der Waals surface area contributed by atoms with Crippen LogP contribution in [0.2, 0.25) is 0 Å². The zero-order valence-corrected chi connectivity index (χ0v) is 29.9. The van der Waals surface area contributed by atoms with E-state index in [4.69, 9.17) is 15.0 Å². The van der Waals surface area contributed by atoms with Crippen LogP contribution in [-0.2, 0) is 23.9 Å². The van der Waals surface area contributed by atoms with Crippen LogP contribution in [0.25, 0.3) is 0 Å². The monoisotopic (exact) mass is 669 g/mol. The summed E-state index contributed by atoms with van der Waals surface area (Å²) in [4.78, 5) is 28.4. The lowest BCUT2D eigenvalue weighted by atomic mass is 9.43. The minimum Gasteiger partial charge on any atom is -0.404 e. The number of carbonyl (C=O) groups excluding carboxylic acids is 1. The van der Waals surface area contributed by atoms with Crippen LogP contribution in [0.1, 0.15) is 125 Å². The molecule has 0 radical (unpaired) electrons. The van der Waals surface area contributed by atoms with Gasteiger partial charge < -0.3 is 20.4 Å². The van der Waals surface area contributed by atoms with E-state index in [1.165, 1.54) is 25.7 Å². The molecule has 3 saturated carbocycles. The molecule has 0 aromatic heterocycles. The van der Waals surface area contributed by atoms with Crippen LogP contribution in [-0.4, -0.2) is 68.1 Å². The molecule has 1 heterocycles. The van der Waals surface area contributed by atoms with Gasteiger partial charge in [-0.05, 0) is 68.6 Å². The number of hydrazine groups is 1. The number of amides is 1. The van der Waals surface area contributed by atoms with Crippen LogP contribution in [0.4, 0.5) is 0 Å². The van der Waals surface area contributed by atoms with Gasteiger partial charge in [-0.2, -0.15) is 0 Å². The maximum Gasteiger partial charge on any atom is 0.481 e. The summed E-state index contributed by atoms with van der Waals surface area (Å²) in [6.45, 7) is 13.2. The van der Waals surface area contributed by atoms with E-state index in [0.29, 0.717) is 31.1 Å². The standard InChI is InChI=1S/C32H60BN5O7S/c1-7-8-9-10-11-12-13-14-18-46(42,43)22-24(16-15-17-35-30(34)37-38(40)41)29(39)36-28(19-23(2)3)33-44-27-21-25-20-26(31(25,4)5)32(27,6)45-33/h23-28H,7-22H2,1-6H3,(H,36,39)(H3,34,35,37)/t24-,25+,26+,27-,28+,32+/m1/s1. The molecule has 3 aliphatic carbocycles. The zero-order chi connectivity index (χ0) is 34.1. The Morgan fingerprint density at radius 3 is 2.35 bits per heavy atom. The molecule has 0 spiro atoms. The molecule has 0 unspecified atom stereocenters. The number of carbonyl (C=O) groups is 1. The maximum atomic E-state index is 13.9. The first-order valence-electron chi connectivity index (χ1n) is 17.6. The molecule has 264 valence electrons. The molecule has 4 rings (SSSR count). The van der Waals surface area contributed by atoms with Crippen molar-refractivity contribution in [1.82, 2.24) is 10.7 Å². The van der Waals surface area contributed by atoms with Crippen molar-refractivity contribution in [2.24, 2.45) is 39.8 Å². The van der Waals surface area contributed by atoms with Crippen LogP contribution < -0.4 is 16.5 Å². The van der Waals surface area contributed by atoms with Crippen LogP contribution in [0.5, 0.6) is 0 Å². The van der Waals surface area contributed by atoms with Crippen molar-refractivity contribution >= 4 is 28.8 Å². The van der Waals surface area contributed by atoms with Crippen molar-refractivity contribution in [2.75, 3.05) is 18.1 Å². The third-order valence-corrected chi connectivity index (χ3v) is 12.5. The number of hydrogen-bond donors (Lipinski definition) is 3. The van der Waals surface area contributed by atoms with Gasteiger partial charge in [0.25, 0.3) is 5.96 Å². The number of aliphatic imine (C=N–C) groups is 1. The molecule has 6 atom stereocenters. The second kappa shape index (κ2) is 16.9. The first-order chi connectivity index (χ1) is 21.6. The lowest BCUT2D eigenvalue weighted by molar-refractivity contribution is -0.525. The van der Waals surface area contributed by atoms with E-state index in [1.807, 2.05) is 0 Å². The second-order valence-electron chi connectivity index (χ2n) is 15.1. The summed E-state index contributed by atoms with van der Waals surface area (Å²) >= 11 is 0. The predicted molar refractivity (Wildman–Crippen MR) is 182 cm³/mol. The Morgan fingerprint density at radius 1 is 1.09 bits per heavy atom. The molecule has 1 aliphatic heterocycles. The summed E-state index contributed by atoms with van der Waals surface area (Å²) in [5, 5.41) is 13.0. The number of hydrogen-bond acceptors (Lipinski definition) is 8. The number of sulfone groups is 1. The van der Waals surface area contributed by atoms with Crippen LogP contribution in [0.15, 0.2) is 4.99 Å². The highest BCUT2D eigenvalue weighted by Gasteiger charge is 2.68. The average Bonchev–Trinajstić information content (AvgIpc) is 3.32. The Morgan fingerprint density at radius 2 is 1.74 bits per heavy atom. The summed E-state index contributed by atoms with van der Waals surface area (Å²) in [7, 11) is -4.11. The minimum absolute atomic E-state index is 0.0280. The highest BCUT2D eigenvalue weighted by atomic mass is 32.2. The van der Waals surface area contributed by atoms with Crippen molar-refractivity contribution in [1.29, 1.82) is 0 Å². The molecule has 0 aromatic carbocycles. The van der Waals surface area contributed by atoms with Crippen molar-refractivity contribution < 1.29 is 27.6 Å². The Bertz CT molecular complexity index is 1150. The zero-order valence-electron chi connectivity index (χ0n) is 29.1. The number of rotatable bonds is 21. The second-order valence-corrected chi connectivity index (χ2v) is 17.4. The number of guanidine groups is 1. The minimum atomic E-state index is -3.50. The first-order valence-corrected chi connectivity index (χ1v) is 19.5. The van der Waals surface area contributed by atoms with E-state index in [2.05, 4.69) is 51.9 Å². The summed E-state index contributed by atoms with van der Waals surface area (Å²) in [6, 6.07) is 0.